The third-order valence-corrected chi connectivity index (χ3v) is 5.73. The average molecular weight is 323 g/mol. The highest BCUT2D eigenvalue weighted by molar-refractivity contribution is 5.82. The second kappa shape index (κ2) is 8.67. The van der Waals surface area contributed by atoms with Crippen LogP contribution in [0, 0.1) is 11.8 Å². The molecule has 0 aromatic heterocycles. The fourth-order valence-corrected chi connectivity index (χ4v) is 3.67. The number of carbonyl (C=O) groups is 2. The van der Waals surface area contributed by atoms with Gasteiger partial charge < -0.3 is 15.5 Å². The minimum atomic E-state index is -0.412. The summed E-state index contributed by atoms with van der Waals surface area (Å²) in [5.41, 5.74) is 6.04. The van der Waals surface area contributed by atoms with E-state index in [2.05, 4.69) is 6.92 Å². The molecule has 2 unspecified atom stereocenters. The monoisotopic (exact) mass is 323 g/mol. The third-order valence-electron chi connectivity index (χ3n) is 5.73. The molecule has 0 spiro atoms. The normalized spacial score (nSPS) is 22.2. The van der Waals surface area contributed by atoms with Crippen LogP contribution in [0.15, 0.2) is 0 Å². The molecular formula is C18H33N3O2. The van der Waals surface area contributed by atoms with Crippen LogP contribution in [0.1, 0.15) is 58.8 Å². The van der Waals surface area contributed by atoms with E-state index < -0.39 is 6.04 Å². The third kappa shape index (κ3) is 4.93. The average Bonchev–Trinajstić information content (AvgIpc) is 3.11. The number of rotatable bonds is 6. The van der Waals surface area contributed by atoms with Crippen LogP contribution in [-0.2, 0) is 9.59 Å². The predicted molar refractivity (Wildman–Crippen MR) is 91.8 cm³/mol. The zero-order chi connectivity index (χ0) is 16.8. The van der Waals surface area contributed by atoms with E-state index in [0.29, 0.717) is 32.6 Å². The molecule has 0 radical (unpaired) electrons. The summed E-state index contributed by atoms with van der Waals surface area (Å²) >= 11 is 0. The molecule has 1 aliphatic heterocycles. The highest BCUT2D eigenvalue weighted by Crippen LogP contribution is 2.28. The maximum atomic E-state index is 12.4. The molecular weight excluding hydrogens is 290 g/mol. The van der Waals surface area contributed by atoms with Crippen molar-refractivity contribution in [2.24, 2.45) is 17.6 Å². The Hall–Kier alpha value is -1.10. The van der Waals surface area contributed by atoms with E-state index in [9.17, 15) is 9.59 Å². The summed E-state index contributed by atoms with van der Waals surface area (Å²) in [6, 6.07) is -0.412. The van der Waals surface area contributed by atoms with Crippen LogP contribution in [0.3, 0.4) is 0 Å². The molecule has 2 rings (SSSR count). The van der Waals surface area contributed by atoms with Crippen molar-refractivity contribution < 1.29 is 9.59 Å². The van der Waals surface area contributed by atoms with Crippen molar-refractivity contribution in [1.29, 1.82) is 0 Å². The van der Waals surface area contributed by atoms with Gasteiger partial charge in [0.05, 0.1) is 6.04 Å². The summed E-state index contributed by atoms with van der Waals surface area (Å²) < 4.78 is 0. The molecule has 2 atom stereocenters. The SMILES string of the molecule is CCC(C)C(N)C(=O)N1CCN(C(=O)CCC2CCCC2)CC1. The lowest BCUT2D eigenvalue weighted by molar-refractivity contribution is -0.141. The number of nitrogens with two attached hydrogens (primary N) is 1. The summed E-state index contributed by atoms with van der Waals surface area (Å²) in [7, 11) is 0. The van der Waals surface area contributed by atoms with Crippen LogP contribution in [-0.4, -0.2) is 53.8 Å². The van der Waals surface area contributed by atoms with E-state index in [1.54, 1.807) is 0 Å². The molecule has 2 fully saturated rings. The van der Waals surface area contributed by atoms with Gasteiger partial charge in [0.25, 0.3) is 0 Å². The van der Waals surface area contributed by atoms with Gasteiger partial charge in [-0.2, -0.15) is 0 Å². The van der Waals surface area contributed by atoms with Crippen LogP contribution in [0.25, 0.3) is 0 Å². The molecule has 2 N–H and O–H groups in total. The van der Waals surface area contributed by atoms with E-state index in [1.165, 1.54) is 25.7 Å². The van der Waals surface area contributed by atoms with Crippen molar-refractivity contribution in [1.82, 2.24) is 9.80 Å². The Kier molecular flexibility index (Phi) is 6.88. The standard InChI is InChI=1S/C18H33N3O2/c1-3-14(2)17(19)18(23)21-12-10-20(11-13-21)16(22)9-8-15-6-4-5-7-15/h14-15,17H,3-13,19H2,1-2H3. The first-order valence-corrected chi connectivity index (χ1v) is 9.35. The Bertz CT molecular complexity index is 399. The first-order chi connectivity index (χ1) is 11.0. The van der Waals surface area contributed by atoms with Gasteiger partial charge in [-0.05, 0) is 18.3 Å². The van der Waals surface area contributed by atoms with Gasteiger partial charge in [-0.1, -0.05) is 46.0 Å². The maximum Gasteiger partial charge on any atom is 0.239 e. The van der Waals surface area contributed by atoms with E-state index in [-0.39, 0.29) is 17.7 Å². The van der Waals surface area contributed by atoms with Crippen LogP contribution in [0.5, 0.6) is 0 Å². The number of nitrogens with zero attached hydrogens (tertiary/aromatic N) is 2. The molecule has 1 saturated heterocycles. The summed E-state index contributed by atoms with van der Waals surface area (Å²) in [4.78, 5) is 28.4. The van der Waals surface area contributed by atoms with Crippen LogP contribution < -0.4 is 5.73 Å². The van der Waals surface area contributed by atoms with E-state index in [4.69, 9.17) is 5.73 Å². The number of hydrogen-bond donors (Lipinski definition) is 1. The van der Waals surface area contributed by atoms with Gasteiger partial charge in [0.2, 0.25) is 11.8 Å². The molecule has 0 aromatic carbocycles. The van der Waals surface area contributed by atoms with Crippen LogP contribution in [0.4, 0.5) is 0 Å². The summed E-state index contributed by atoms with van der Waals surface area (Å²) in [6.45, 7) is 6.63. The second-order valence-corrected chi connectivity index (χ2v) is 7.31. The lowest BCUT2D eigenvalue weighted by atomic mass is 9.98. The Balaban J connectivity index is 1.72. The van der Waals surface area contributed by atoms with Gasteiger partial charge in [-0.3, -0.25) is 9.59 Å². The Morgan fingerprint density at radius 2 is 1.65 bits per heavy atom. The van der Waals surface area contributed by atoms with Crippen LogP contribution >= 0.6 is 0 Å². The van der Waals surface area contributed by atoms with E-state index >= 15 is 0 Å². The zero-order valence-corrected chi connectivity index (χ0v) is 14.8. The molecule has 132 valence electrons. The number of piperazine rings is 1. The lowest BCUT2D eigenvalue weighted by Crippen LogP contribution is -2.55. The Morgan fingerprint density at radius 3 is 2.22 bits per heavy atom. The first-order valence-electron chi connectivity index (χ1n) is 9.35. The highest BCUT2D eigenvalue weighted by atomic mass is 16.2. The molecule has 0 bridgehead atoms. The summed E-state index contributed by atoms with van der Waals surface area (Å²) in [5, 5.41) is 0. The highest BCUT2D eigenvalue weighted by Gasteiger charge is 2.29. The quantitative estimate of drug-likeness (QED) is 0.813. The molecule has 1 heterocycles. The fraction of sp³-hybridized carbons (Fsp3) is 0.889. The van der Waals surface area contributed by atoms with Gasteiger partial charge in [-0.25, -0.2) is 0 Å². The molecule has 5 nitrogen and oxygen atoms in total. The Labute approximate surface area is 140 Å². The number of amides is 2. The lowest BCUT2D eigenvalue weighted by Gasteiger charge is -2.36. The van der Waals surface area contributed by atoms with Gasteiger partial charge in [0, 0.05) is 32.6 Å². The molecule has 1 aliphatic carbocycles. The topological polar surface area (TPSA) is 66.6 Å². The first kappa shape index (κ1) is 18.2. The molecule has 23 heavy (non-hydrogen) atoms. The molecule has 5 heteroatoms. The van der Waals surface area contributed by atoms with Crippen LogP contribution in [0.2, 0.25) is 0 Å². The van der Waals surface area contributed by atoms with Crippen molar-refractivity contribution in [2.45, 2.75) is 64.8 Å². The molecule has 2 aliphatic rings. The zero-order valence-electron chi connectivity index (χ0n) is 14.8. The fourth-order valence-electron chi connectivity index (χ4n) is 3.67. The second-order valence-electron chi connectivity index (χ2n) is 7.31. The minimum absolute atomic E-state index is 0.0393. The summed E-state index contributed by atoms with van der Waals surface area (Å²) in [6.07, 6.45) is 7.87. The number of hydrogen-bond acceptors (Lipinski definition) is 3. The van der Waals surface area contributed by atoms with Crippen molar-refractivity contribution >= 4 is 11.8 Å². The minimum Gasteiger partial charge on any atom is -0.339 e. The molecule has 1 saturated carbocycles. The van der Waals surface area contributed by atoms with Crippen molar-refractivity contribution in [2.75, 3.05) is 26.2 Å². The van der Waals surface area contributed by atoms with Gasteiger partial charge in [0.1, 0.15) is 0 Å². The Morgan fingerprint density at radius 1 is 1.09 bits per heavy atom. The smallest absolute Gasteiger partial charge is 0.239 e. The van der Waals surface area contributed by atoms with Gasteiger partial charge in [-0.15, -0.1) is 0 Å². The van der Waals surface area contributed by atoms with Gasteiger partial charge >= 0.3 is 0 Å². The largest absolute Gasteiger partial charge is 0.339 e. The van der Waals surface area contributed by atoms with Crippen molar-refractivity contribution in [3.05, 3.63) is 0 Å². The van der Waals surface area contributed by atoms with Gasteiger partial charge in [0.15, 0.2) is 0 Å². The van der Waals surface area contributed by atoms with E-state index in [0.717, 1.165) is 18.8 Å². The summed E-state index contributed by atoms with van der Waals surface area (Å²) in [5.74, 6) is 1.26. The maximum absolute atomic E-state index is 12.4. The van der Waals surface area contributed by atoms with E-state index in [1.807, 2.05) is 16.7 Å². The predicted octanol–water partition coefficient (Wildman–Crippen LogP) is 2.00. The molecule has 2 amide bonds. The number of carbonyl (C=O) groups excluding carboxylic acids is 2. The van der Waals surface area contributed by atoms with Crippen molar-refractivity contribution in [3.8, 4) is 0 Å². The molecule has 0 aromatic rings. The van der Waals surface area contributed by atoms with Crippen molar-refractivity contribution in [3.63, 3.8) is 0 Å².